The monoisotopic (exact) mass is 342 g/mol. The summed E-state index contributed by atoms with van der Waals surface area (Å²) in [6, 6.07) is 13.5. The average molecular weight is 343 g/mol. The first-order valence-corrected chi connectivity index (χ1v) is 8.55. The van der Waals surface area contributed by atoms with Gasteiger partial charge in [0.25, 0.3) is 0 Å². The highest BCUT2D eigenvalue weighted by Gasteiger charge is 2.27. The summed E-state index contributed by atoms with van der Waals surface area (Å²) in [5, 5.41) is 4.89. The highest BCUT2D eigenvalue weighted by Crippen LogP contribution is 2.55. The fraction of sp³-hybridized carbons (Fsp3) is 0. The van der Waals surface area contributed by atoms with Crippen molar-refractivity contribution in [2.24, 2.45) is 0 Å². The van der Waals surface area contributed by atoms with Gasteiger partial charge in [-0.05, 0) is 55.3 Å². The highest BCUT2D eigenvalue weighted by molar-refractivity contribution is 9.11. The molecule has 1 aliphatic rings. The van der Waals surface area contributed by atoms with E-state index in [1.165, 1.54) is 46.2 Å². The molecule has 0 saturated carbocycles. The summed E-state index contributed by atoms with van der Waals surface area (Å²) >= 11 is 7.28. The largest absolute Gasteiger partial charge is 0.143 e. The van der Waals surface area contributed by atoms with E-state index in [9.17, 15) is 0 Å². The number of thiophene rings is 2. The Morgan fingerprint density at radius 1 is 0.789 bits per heavy atom. The van der Waals surface area contributed by atoms with Gasteiger partial charge in [0.1, 0.15) is 0 Å². The van der Waals surface area contributed by atoms with E-state index < -0.39 is 0 Å². The van der Waals surface area contributed by atoms with E-state index in [0.29, 0.717) is 0 Å². The minimum atomic E-state index is 1.21. The molecular weight excluding hydrogens is 336 g/mol. The second-order valence-corrected chi connectivity index (χ2v) is 8.13. The maximum absolute atomic E-state index is 3.60. The maximum Gasteiger partial charge on any atom is 0.0711 e. The van der Waals surface area contributed by atoms with E-state index in [2.05, 4.69) is 57.7 Å². The summed E-state index contributed by atoms with van der Waals surface area (Å²) in [5.74, 6) is 0. The molecule has 2 aromatic carbocycles. The van der Waals surface area contributed by atoms with Gasteiger partial charge in [0.15, 0.2) is 0 Å². The lowest BCUT2D eigenvalue weighted by atomic mass is 9.79. The summed E-state index contributed by atoms with van der Waals surface area (Å²) in [4.78, 5) is 0. The summed E-state index contributed by atoms with van der Waals surface area (Å²) in [6.45, 7) is 0. The Labute approximate surface area is 126 Å². The van der Waals surface area contributed by atoms with Gasteiger partial charge in [-0.3, -0.25) is 0 Å². The van der Waals surface area contributed by atoms with Crippen molar-refractivity contribution in [2.75, 3.05) is 0 Å². The quantitative estimate of drug-likeness (QED) is 0.300. The molecule has 0 radical (unpaired) electrons. The predicted molar refractivity (Wildman–Crippen MR) is 89.3 cm³/mol. The van der Waals surface area contributed by atoms with Gasteiger partial charge in [0, 0.05) is 20.5 Å². The van der Waals surface area contributed by atoms with Crippen molar-refractivity contribution in [2.45, 2.75) is 0 Å². The topological polar surface area (TPSA) is 0 Å². The highest BCUT2D eigenvalue weighted by atomic mass is 79.9. The number of fused-ring (bicyclic) bond motifs is 8. The standard InChI is InChI=1S/C16H7BrS2/c17-12-7-9-2-4-11-13-10(14(11)16(9)19-12)3-1-8-5-6-18-15(8)13/h1-7H. The molecule has 5 rings (SSSR count). The fourth-order valence-corrected chi connectivity index (χ4v) is 5.63. The molecule has 2 aromatic heterocycles. The minimum Gasteiger partial charge on any atom is -0.143 e. The number of hydrogen-bond donors (Lipinski definition) is 0. The first-order chi connectivity index (χ1) is 9.33. The molecule has 4 aromatic rings. The second-order valence-electron chi connectivity index (χ2n) is 4.78. The number of rotatable bonds is 0. The molecule has 0 saturated heterocycles. The van der Waals surface area contributed by atoms with E-state index in [1.807, 2.05) is 22.7 Å². The van der Waals surface area contributed by atoms with Crippen molar-refractivity contribution in [1.29, 1.82) is 0 Å². The van der Waals surface area contributed by atoms with E-state index >= 15 is 0 Å². The fourth-order valence-electron chi connectivity index (χ4n) is 2.99. The molecule has 0 N–H and O–H groups in total. The zero-order valence-electron chi connectivity index (χ0n) is 9.74. The molecular formula is C16H7BrS2. The van der Waals surface area contributed by atoms with Crippen LogP contribution in [0.15, 0.2) is 45.6 Å². The second kappa shape index (κ2) is 3.48. The van der Waals surface area contributed by atoms with Gasteiger partial charge in [-0.25, -0.2) is 0 Å². The molecule has 0 amide bonds. The molecule has 3 heteroatoms. The van der Waals surface area contributed by atoms with Gasteiger partial charge < -0.3 is 0 Å². The average Bonchev–Trinajstić information content (AvgIpc) is 2.96. The Kier molecular flexibility index (Phi) is 1.94. The van der Waals surface area contributed by atoms with Gasteiger partial charge >= 0.3 is 0 Å². The lowest BCUT2D eigenvalue weighted by Gasteiger charge is -2.25. The molecule has 0 fully saturated rings. The summed E-state index contributed by atoms with van der Waals surface area (Å²) in [6.07, 6.45) is 0. The van der Waals surface area contributed by atoms with Crippen LogP contribution in [0.4, 0.5) is 0 Å². The van der Waals surface area contributed by atoms with Crippen LogP contribution in [-0.2, 0) is 0 Å². The lowest BCUT2D eigenvalue weighted by Crippen LogP contribution is -1.98. The first-order valence-electron chi connectivity index (χ1n) is 6.06. The zero-order chi connectivity index (χ0) is 12.6. The van der Waals surface area contributed by atoms with Crippen LogP contribution >= 0.6 is 38.6 Å². The van der Waals surface area contributed by atoms with Crippen LogP contribution < -0.4 is 0 Å². The molecule has 90 valence electrons. The Hall–Kier alpha value is -1.16. The van der Waals surface area contributed by atoms with Crippen molar-refractivity contribution in [3.05, 3.63) is 45.6 Å². The Bertz CT molecular complexity index is 975. The van der Waals surface area contributed by atoms with Gasteiger partial charge in [-0.15, -0.1) is 22.7 Å². The third-order valence-electron chi connectivity index (χ3n) is 3.82. The SMILES string of the molecule is Brc1cc2ccc3c(c2s1)-c1ccc2ccsc2c1-3. The minimum absolute atomic E-state index is 1.21. The van der Waals surface area contributed by atoms with Gasteiger partial charge in [0.2, 0.25) is 0 Å². The van der Waals surface area contributed by atoms with E-state index in [-0.39, 0.29) is 0 Å². The van der Waals surface area contributed by atoms with Crippen LogP contribution in [0.1, 0.15) is 0 Å². The molecule has 0 spiro atoms. The van der Waals surface area contributed by atoms with Crippen molar-refractivity contribution < 1.29 is 0 Å². The third kappa shape index (κ3) is 1.23. The summed E-state index contributed by atoms with van der Waals surface area (Å²) in [7, 11) is 0. The van der Waals surface area contributed by atoms with E-state index in [1.54, 1.807) is 0 Å². The molecule has 1 aliphatic carbocycles. The number of benzene rings is 2. The van der Waals surface area contributed by atoms with Crippen LogP contribution in [0.3, 0.4) is 0 Å². The molecule has 0 atom stereocenters. The molecule has 0 nitrogen and oxygen atoms in total. The smallest absolute Gasteiger partial charge is 0.0711 e. The van der Waals surface area contributed by atoms with Crippen LogP contribution in [0.2, 0.25) is 0 Å². The van der Waals surface area contributed by atoms with Crippen molar-refractivity contribution >= 4 is 58.8 Å². The van der Waals surface area contributed by atoms with E-state index in [0.717, 1.165) is 0 Å². The molecule has 19 heavy (non-hydrogen) atoms. The maximum atomic E-state index is 3.60. The van der Waals surface area contributed by atoms with Crippen LogP contribution in [0.5, 0.6) is 0 Å². The van der Waals surface area contributed by atoms with Crippen molar-refractivity contribution in [1.82, 2.24) is 0 Å². The normalized spacial score (nSPS) is 12.5. The van der Waals surface area contributed by atoms with Crippen LogP contribution in [0.25, 0.3) is 42.4 Å². The summed E-state index contributed by atoms with van der Waals surface area (Å²) in [5.41, 5.74) is 5.74. The molecule has 0 unspecified atom stereocenters. The Morgan fingerprint density at radius 2 is 1.53 bits per heavy atom. The number of halogens is 1. The third-order valence-corrected chi connectivity index (χ3v) is 6.44. The first kappa shape index (κ1) is 10.6. The zero-order valence-corrected chi connectivity index (χ0v) is 13.0. The van der Waals surface area contributed by atoms with Gasteiger partial charge in [-0.1, -0.05) is 24.3 Å². The molecule has 2 heterocycles. The van der Waals surface area contributed by atoms with E-state index in [4.69, 9.17) is 0 Å². The van der Waals surface area contributed by atoms with Crippen LogP contribution in [-0.4, -0.2) is 0 Å². The predicted octanol–water partition coefficient (Wildman–Crippen LogP) is 6.53. The van der Waals surface area contributed by atoms with Crippen molar-refractivity contribution in [3.8, 4) is 22.3 Å². The lowest BCUT2D eigenvalue weighted by molar-refractivity contribution is 1.63. The van der Waals surface area contributed by atoms with Gasteiger partial charge in [-0.2, -0.15) is 0 Å². The van der Waals surface area contributed by atoms with Crippen molar-refractivity contribution in [3.63, 3.8) is 0 Å². The summed E-state index contributed by atoms with van der Waals surface area (Å²) < 4.78 is 4.05. The molecule has 0 bridgehead atoms. The molecule has 0 aliphatic heterocycles. The Balaban J connectivity index is 1.95. The number of hydrogen-bond acceptors (Lipinski definition) is 2. The van der Waals surface area contributed by atoms with Crippen LogP contribution in [0, 0.1) is 0 Å². The Morgan fingerprint density at radius 3 is 2.37 bits per heavy atom. The van der Waals surface area contributed by atoms with Gasteiger partial charge in [0.05, 0.1) is 3.79 Å².